The van der Waals surface area contributed by atoms with Gasteiger partial charge in [-0.1, -0.05) is 30.3 Å². The number of aromatic nitrogens is 1. The second-order valence-electron chi connectivity index (χ2n) is 5.75. The average Bonchev–Trinajstić information content (AvgIpc) is 3.03. The smallest absolute Gasteiger partial charge is 0.342 e. The van der Waals surface area contributed by atoms with E-state index in [0.717, 1.165) is 0 Å². The Kier molecular flexibility index (Phi) is 4.67. The highest BCUT2D eigenvalue weighted by Crippen LogP contribution is 2.46. The second-order valence-corrected chi connectivity index (χ2v) is 5.75. The zero-order valence-corrected chi connectivity index (χ0v) is 15.0. The molecule has 3 aromatic rings. The second kappa shape index (κ2) is 6.92. The van der Waals surface area contributed by atoms with Gasteiger partial charge in [0.25, 0.3) is 0 Å². The lowest BCUT2D eigenvalue weighted by molar-refractivity contribution is -0.131. The maximum Gasteiger partial charge on any atom is 0.342 e. The van der Waals surface area contributed by atoms with Crippen LogP contribution in [0.2, 0.25) is 0 Å². The molecule has 0 aliphatic rings. The third kappa shape index (κ3) is 2.79. The fraction of sp³-hybridized carbons (Fsp3) is 0.200. The molecule has 6 nitrogen and oxygen atoms in total. The Balaban J connectivity index is 2.55. The molecule has 0 aliphatic heterocycles. The predicted molar refractivity (Wildman–Crippen MR) is 97.6 cm³/mol. The van der Waals surface area contributed by atoms with Gasteiger partial charge in [0.1, 0.15) is 11.3 Å². The number of aryl methyl sites for hydroxylation is 1. The molecule has 0 fully saturated rings. The zero-order valence-electron chi connectivity index (χ0n) is 15.0. The highest BCUT2D eigenvalue weighted by atomic mass is 16.5. The molecule has 0 saturated heterocycles. The minimum atomic E-state index is -0.572. The van der Waals surface area contributed by atoms with Crippen LogP contribution >= 0.6 is 0 Å². The fourth-order valence-electron chi connectivity index (χ4n) is 3.10. The summed E-state index contributed by atoms with van der Waals surface area (Å²) in [5.74, 6) is -0.375. The van der Waals surface area contributed by atoms with E-state index >= 15 is 0 Å². The minimum absolute atomic E-state index is 0.215. The van der Waals surface area contributed by atoms with Crippen LogP contribution in [0.5, 0.6) is 11.5 Å². The Morgan fingerprint density at radius 2 is 1.69 bits per heavy atom. The van der Waals surface area contributed by atoms with Gasteiger partial charge in [-0.25, -0.2) is 4.79 Å². The molecule has 1 heterocycles. The van der Waals surface area contributed by atoms with Crippen LogP contribution in [0.1, 0.15) is 17.3 Å². The first-order chi connectivity index (χ1) is 12.5. The molecule has 1 aromatic heterocycles. The van der Waals surface area contributed by atoms with Crippen LogP contribution in [0.4, 0.5) is 0 Å². The first kappa shape index (κ1) is 17.5. The molecule has 0 aliphatic carbocycles. The molecule has 0 radical (unpaired) electrons. The zero-order chi connectivity index (χ0) is 18.8. The summed E-state index contributed by atoms with van der Waals surface area (Å²) in [4.78, 5) is 24.4. The number of esters is 2. The number of ether oxygens (including phenoxy) is 3. The van der Waals surface area contributed by atoms with Crippen LogP contribution in [-0.4, -0.2) is 30.7 Å². The molecule has 0 atom stereocenters. The molecular weight excluding hydrogens is 334 g/mol. The maximum absolute atomic E-state index is 12.7. The highest BCUT2D eigenvalue weighted by Gasteiger charge is 2.29. The number of carbonyl (C=O) groups excluding carboxylic acids is 2. The summed E-state index contributed by atoms with van der Waals surface area (Å²) in [6, 6.07) is 11.0. The Morgan fingerprint density at radius 1 is 1.00 bits per heavy atom. The minimum Gasteiger partial charge on any atom is -0.494 e. The number of fused-ring (bicyclic) bond motifs is 1. The van der Waals surface area contributed by atoms with Crippen molar-refractivity contribution in [1.82, 2.24) is 4.57 Å². The quantitative estimate of drug-likeness (QED) is 0.530. The lowest BCUT2D eigenvalue weighted by Crippen LogP contribution is -2.11. The van der Waals surface area contributed by atoms with Crippen molar-refractivity contribution < 1.29 is 23.8 Å². The Hall–Kier alpha value is -3.28. The Labute approximate surface area is 150 Å². The molecule has 0 saturated carbocycles. The maximum atomic E-state index is 12.7. The summed E-state index contributed by atoms with van der Waals surface area (Å²) in [5.41, 5.74) is 2.03. The van der Waals surface area contributed by atoms with Gasteiger partial charge in [-0.3, -0.25) is 4.79 Å². The standard InChI is InChI=1S/C20H19NO5/c1-12(22)26-18-14-10-11-21(2)17(14)19(24-3)16(20(23)25-4)15(18)13-8-6-5-7-9-13/h5-11H,1-4H3. The normalized spacial score (nSPS) is 10.6. The molecule has 0 amide bonds. The van der Waals surface area contributed by atoms with E-state index < -0.39 is 11.9 Å². The summed E-state index contributed by atoms with van der Waals surface area (Å²) >= 11 is 0. The van der Waals surface area contributed by atoms with Crippen molar-refractivity contribution in [3.05, 3.63) is 48.2 Å². The van der Waals surface area contributed by atoms with Crippen LogP contribution in [0, 0.1) is 0 Å². The van der Waals surface area contributed by atoms with Gasteiger partial charge < -0.3 is 18.8 Å². The molecule has 26 heavy (non-hydrogen) atoms. The highest BCUT2D eigenvalue weighted by molar-refractivity contribution is 6.11. The van der Waals surface area contributed by atoms with Gasteiger partial charge in [0.05, 0.1) is 19.7 Å². The first-order valence-electron chi connectivity index (χ1n) is 8.00. The molecule has 0 N–H and O–H groups in total. The number of hydrogen-bond donors (Lipinski definition) is 0. The van der Waals surface area contributed by atoms with Crippen molar-refractivity contribution in [1.29, 1.82) is 0 Å². The van der Waals surface area contributed by atoms with Crippen molar-refractivity contribution in [3.63, 3.8) is 0 Å². The number of rotatable bonds is 4. The SMILES string of the molecule is COC(=O)c1c(-c2ccccc2)c(OC(C)=O)c2ccn(C)c2c1OC. The van der Waals surface area contributed by atoms with Gasteiger partial charge in [0, 0.05) is 31.1 Å². The Bertz CT molecular complexity index is 989. The van der Waals surface area contributed by atoms with Crippen LogP contribution < -0.4 is 9.47 Å². The molecule has 3 rings (SSSR count). The van der Waals surface area contributed by atoms with Gasteiger partial charge in [0.15, 0.2) is 5.75 Å². The van der Waals surface area contributed by atoms with Gasteiger partial charge in [-0.15, -0.1) is 0 Å². The lowest BCUT2D eigenvalue weighted by atomic mass is 9.95. The summed E-state index contributed by atoms with van der Waals surface area (Å²) in [6.07, 6.45) is 1.82. The molecule has 2 aromatic carbocycles. The van der Waals surface area contributed by atoms with Crippen LogP contribution in [0.3, 0.4) is 0 Å². The van der Waals surface area contributed by atoms with Crippen molar-refractivity contribution in [2.45, 2.75) is 6.92 Å². The van der Waals surface area contributed by atoms with Gasteiger partial charge in [-0.05, 0) is 11.6 Å². The predicted octanol–water partition coefficient (Wildman–Crippen LogP) is 3.57. The summed E-state index contributed by atoms with van der Waals surface area (Å²) in [6.45, 7) is 1.32. The van der Waals surface area contributed by atoms with Gasteiger partial charge in [0.2, 0.25) is 0 Å². The molecule has 6 heteroatoms. The van der Waals surface area contributed by atoms with E-state index in [9.17, 15) is 9.59 Å². The third-order valence-electron chi connectivity index (χ3n) is 4.14. The summed E-state index contributed by atoms with van der Waals surface area (Å²) in [5, 5.41) is 0.672. The van der Waals surface area contributed by atoms with Gasteiger partial charge in [-0.2, -0.15) is 0 Å². The van der Waals surface area contributed by atoms with E-state index in [2.05, 4.69) is 0 Å². The third-order valence-corrected chi connectivity index (χ3v) is 4.14. The number of benzene rings is 2. The molecule has 0 spiro atoms. The van der Waals surface area contributed by atoms with E-state index in [0.29, 0.717) is 33.5 Å². The van der Waals surface area contributed by atoms with Crippen molar-refractivity contribution in [3.8, 4) is 22.6 Å². The van der Waals surface area contributed by atoms with E-state index in [4.69, 9.17) is 14.2 Å². The average molecular weight is 353 g/mol. The van der Waals surface area contributed by atoms with E-state index in [1.54, 1.807) is 0 Å². The summed E-state index contributed by atoms with van der Waals surface area (Å²) in [7, 11) is 4.62. The first-order valence-corrected chi connectivity index (χ1v) is 8.00. The number of methoxy groups -OCH3 is 2. The van der Waals surface area contributed by atoms with Crippen molar-refractivity contribution in [2.75, 3.05) is 14.2 Å². The van der Waals surface area contributed by atoms with E-state index in [1.165, 1.54) is 21.1 Å². The van der Waals surface area contributed by atoms with Gasteiger partial charge >= 0.3 is 11.9 Å². The van der Waals surface area contributed by atoms with E-state index in [1.807, 2.05) is 54.2 Å². The lowest BCUT2D eigenvalue weighted by Gasteiger charge is -2.19. The number of hydrogen-bond acceptors (Lipinski definition) is 5. The van der Waals surface area contributed by atoms with Crippen LogP contribution in [0.25, 0.3) is 22.0 Å². The van der Waals surface area contributed by atoms with E-state index in [-0.39, 0.29) is 5.56 Å². The monoisotopic (exact) mass is 353 g/mol. The topological polar surface area (TPSA) is 66.8 Å². The molecule has 134 valence electrons. The number of carbonyl (C=O) groups is 2. The molecule has 0 bridgehead atoms. The fourth-order valence-corrected chi connectivity index (χ4v) is 3.10. The summed E-state index contributed by atoms with van der Waals surface area (Å²) < 4.78 is 17.9. The van der Waals surface area contributed by atoms with Crippen molar-refractivity contribution >= 4 is 22.8 Å². The number of nitrogens with zero attached hydrogens (tertiary/aromatic N) is 1. The van der Waals surface area contributed by atoms with Crippen LogP contribution in [-0.2, 0) is 16.6 Å². The Morgan fingerprint density at radius 3 is 2.27 bits per heavy atom. The largest absolute Gasteiger partial charge is 0.494 e. The van der Waals surface area contributed by atoms with Crippen LogP contribution in [0.15, 0.2) is 42.6 Å². The molecular formula is C20H19NO5. The van der Waals surface area contributed by atoms with Crippen molar-refractivity contribution in [2.24, 2.45) is 7.05 Å². The molecule has 0 unspecified atom stereocenters.